The van der Waals surface area contributed by atoms with Gasteiger partial charge in [0.1, 0.15) is 11.6 Å². The SMILES string of the molecule is CC(C)(C)CCN(CCN1CCOCC1)C(=O)CCC(c1cc2cc(-c3ccccc3F)ccc2nc1N)C1CCOCC1. The fourth-order valence-corrected chi connectivity index (χ4v) is 6.49. The van der Waals surface area contributed by atoms with E-state index in [1.807, 2.05) is 24.3 Å². The minimum atomic E-state index is -0.251. The first-order chi connectivity index (χ1) is 21.2. The fourth-order valence-electron chi connectivity index (χ4n) is 6.49. The molecule has 44 heavy (non-hydrogen) atoms. The van der Waals surface area contributed by atoms with E-state index in [-0.39, 0.29) is 23.1 Å². The molecule has 8 heteroatoms. The smallest absolute Gasteiger partial charge is 0.222 e. The molecule has 1 unspecified atom stereocenters. The van der Waals surface area contributed by atoms with Crippen LogP contribution < -0.4 is 5.73 Å². The molecule has 1 amide bonds. The Morgan fingerprint density at radius 1 is 1.05 bits per heavy atom. The van der Waals surface area contributed by atoms with E-state index in [9.17, 15) is 9.18 Å². The summed E-state index contributed by atoms with van der Waals surface area (Å²) in [6, 6.07) is 14.7. The van der Waals surface area contributed by atoms with Crippen molar-refractivity contribution in [3.8, 4) is 11.1 Å². The quantitative estimate of drug-likeness (QED) is 0.269. The number of rotatable bonds is 11. The lowest BCUT2D eigenvalue weighted by Gasteiger charge is -2.33. The normalized spacial score (nSPS) is 17.5. The number of nitrogens with two attached hydrogens (primary N) is 1. The summed E-state index contributed by atoms with van der Waals surface area (Å²) in [5, 5.41) is 0.927. The van der Waals surface area contributed by atoms with Crippen molar-refractivity contribution in [2.75, 3.05) is 64.9 Å². The summed E-state index contributed by atoms with van der Waals surface area (Å²) in [4.78, 5) is 23.1. The fraction of sp³-hybridized carbons (Fsp3) is 0.556. The zero-order valence-electron chi connectivity index (χ0n) is 26.7. The van der Waals surface area contributed by atoms with Crippen molar-refractivity contribution in [2.24, 2.45) is 11.3 Å². The Hall–Kier alpha value is -3.07. The molecule has 3 aromatic rings. The van der Waals surface area contributed by atoms with Crippen LogP contribution in [0.25, 0.3) is 22.0 Å². The standard InChI is InChI=1S/C36H49FN4O3/c1-36(2,3)14-15-41(17-16-40-18-22-44-23-19-40)34(42)11-9-29(26-12-20-43-21-13-26)31-25-28-24-27(8-10-33(28)39-35(31)38)30-6-4-5-7-32(30)37/h4-8,10,24-26,29H,9,11-23H2,1-3H3,(H2,38,39). The third-order valence-corrected chi connectivity index (χ3v) is 9.24. The van der Waals surface area contributed by atoms with Crippen LogP contribution in [0.2, 0.25) is 0 Å². The molecule has 238 valence electrons. The van der Waals surface area contributed by atoms with Crippen molar-refractivity contribution in [1.29, 1.82) is 0 Å². The Labute approximate surface area is 261 Å². The predicted molar refractivity (Wildman–Crippen MR) is 175 cm³/mol. The monoisotopic (exact) mass is 604 g/mol. The number of carbonyl (C=O) groups excluding carboxylic acids is 1. The highest BCUT2D eigenvalue weighted by atomic mass is 19.1. The largest absolute Gasteiger partial charge is 0.383 e. The Morgan fingerprint density at radius 2 is 1.77 bits per heavy atom. The molecule has 7 nitrogen and oxygen atoms in total. The van der Waals surface area contributed by atoms with Gasteiger partial charge >= 0.3 is 0 Å². The van der Waals surface area contributed by atoms with Crippen LogP contribution in [0.1, 0.15) is 64.4 Å². The van der Waals surface area contributed by atoms with E-state index in [1.165, 1.54) is 6.07 Å². The van der Waals surface area contributed by atoms with E-state index < -0.39 is 0 Å². The first-order valence-electron chi connectivity index (χ1n) is 16.3. The summed E-state index contributed by atoms with van der Waals surface area (Å²) in [6.45, 7) is 13.8. The Balaban J connectivity index is 1.38. The number of benzene rings is 2. The number of morpholine rings is 1. The molecule has 0 bridgehead atoms. The molecule has 2 aliphatic heterocycles. The molecule has 2 saturated heterocycles. The summed E-state index contributed by atoms with van der Waals surface area (Å²) in [5.74, 6) is 0.897. The molecule has 2 fully saturated rings. The van der Waals surface area contributed by atoms with Crippen LogP contribution in [0.3, 0.4) is 0 Å². The third kappa shape index (κ3) is 8.55. The highest BCUT2D eigenvalue weighted by Gasteiger charge is 2.29. The maximum Gasteiger partial charge on any atom is 0.222 e. The van der Waals surface area contributed by atoms with Crippen LogP contribution in [0, 0.1) is 17.2 Å². The number of hydrogen-bond acceptors (Lipinski definition) is 6. The Kier molecular flexibility index (Phi) is 10.9. The van der Waals surface area contributed by atoms with Gasteiger partial charge in [0, 0.05) is 63.3 Å². The molecule has 2 aliphatic rings. The second-order valence-electron chi connectivity index (χ2n) is 13.6. The van der Waals surface area contributed by atoms with Gasteiger partial charge in [-0.1, -0.05) is 45.0 Å². The van der Waals surface area contributed by atoms with E-state index in [0.717, 1.165) is 87.2 Å². The molecule has 1 atom stereocenters. The number of halogens is 1. The number of nitrogens with zero attached hydrogens (tertiary/aromatic N) is 3. The Bertz CT molecular complexity index is 1400. The second-order valence-corrected chi connectivity index (χ2v) is 13.6. The predicted octanol–water partition coefficient (Wildman–Crippen LogP) is 6.51. The third-order valence-electron chi connectivity index (χ3n) is 9.24. The van der Waals surface area contributed by atoms with Crippen LogP contribution >= 0.6 is 0 Å². The van der Waals surface area contributed by atoms with Gasteiger partial charge in [0.25, 0.3) is 0 Å². The number of carbonyl (C=O) groups is 1. The van der Waals surface area contributed by atoms with Crippen molar-refractivity contribution < 1.29 is 18.7 Å². The molecule has 0 saturated carbocycles. The number of amides is 1. The minimum Gasteiger partial charge on any atom is -0.383 e. The zero-order chi connectivity index (χ0) is 31.1. The van der Waals surface area contributed by atoms with Gasteiger partial charge in [-0.3, -0.25) is 9.69 Å². The number of nitrogen functional groups attached to an aromatic ring is 1. The number of anilines is 1. The summed E-state index contributed by atoms with van der Waals surface area (Å²) < 4.78 is 25.8. The summed E-state index contributed by atoms with van der Waals surface area (Å²) in [5.41, 5.74) is 9.93. The van der Waals surface area contributed by atoms with Crippen molar-refractivity contribution in [3.63, 3.8) is 0 Å². The topological polar surface area (TPSA) is 80.9 Å². The molecule has 0 spiro atoms. The lowest BCUT2D eigenvalue weighted by Crippen LogP contribution is -2.43. The summed E-state index contributed by atoms with van der Waals surface area (Å²) >= 11 is 0. The molecular weight excluding hydrogens is 555 g/mol. The zero-order valence-corrected chi connectivity index (χ0v) is 26.7. The maximum atomic E-state index is 14.6. The van der Waals surface area contributed by atoms with E-state index in [2.05, 4.69) is 36.6 Å². The van der Waals surface area contributed by atoms with Gasteiger partial charge in [0.15, 0.2) is 0 Å². The average molecular weight is 605 g/mol. The van der Waals surface area contributed by atoms with Crippen molar-refractivity contribution in [3.05, 3.63) is 59.9 Å². The highest BCUT2D eigenvalue weighted by Crippen LogP contribution is 2.39. The van der Waals surface area contributed by atoms with Crippen molar-refractivity contribution in [1.82, 2.24) is 14.8 Å². The summed E-state index contributed by atoms with van der Waals surface area (Å²) in [6.07, 6.45) is 3.98. The molecule has 3 heterocycles. The van der Waals surface area contributed by atoms with Gasteiger partial charge < -0.3 is 20.1 Å². The van der Waals surface area contributed by atoms with Crippen molar-refractivity contribution >= 4 is 22.6 Å². The molecule has 2 aromatic carbocycles. The van der Waals surface area contributed by atoms with E-state index in [0.29, 0.717) is 43.4 Å². The summed E-state index contributed by atoms with van der Waals surface area (Å²) in [7, 11) is 0. The number of aromatic nitrogens is 1. The second kappa shape index (κ2) is 14.8. The van der Waals surface area contributed by atoms with Gasteiger partial charge in [0.05, 0.1) is 18.7 Å². The molecule has 1 aromatic heterocycles. The minimum absolute atomic E-state index is 0.0839. The number of hydrogen-bond donors (Lipinski definition) is 1. The molecule has 0 radical (unpaired) electrons. The first kappa shape index (κ1) is 32.3. The van der Waals surface area contributed by atoms with Crippen LogP contribution in [0.15, 0.2) is 48.5 Å². The number of pyridine rings is 1. The van der Waals surface area contributed by atoms with Gasteiger partial charge in [-0.15, -0.1) is 0 Å². The van der Waals surface area contributed by atoms with E-state index in [1.54, 1.807) is 12.1 Å². The van der Waals surface area contributed by atoms with Crippen molar-refractivity contribution in [2.45, 2.75) is 58.8 Å². The highest BCUT2D eigenvalue weighted by molar-refractivity contribution is 5.86. The average Bonchev–Trinajstić information content (AvgIpc) is 3.02. The Morgan fingerprint density at radius 3 is 2.50 bits per heavy atom. The van der Waals surface area contributed by atoms with Gasteiger partial charge in [-0.2, -0.15) is 0 Å². The molecule has 0 aliphatic carbocycles. The van der Waals surface area contributed by atoms with Crippen LogP contribution in [0.4, 0.5) is 10.2 Å². The first-order valence-corrected chi connectivity index (χ1v) is 16.3. The van der Waals surface area contributed by atoms with Crippen LogP contribution in [-0.2, 0) is 14.3 Å². The van der Waals surface area contributed by atoms with Gasteiger partial charge in [-0.05, 0) is 78.3 Å². The van der Waals surface area contributed by atoms with Gasteiger partial charge in [0.2, 0.25) is 5.91 Å². The molecule has 5 rings (SSSR count). The lowest BCUT2D eigenvalue weighted by atomic mass is 9.78. The van der Waals surface area contributed by atoms with E-state index in [4.69, 9.17) is 20.2 Å². The number of fused-ring (bicyclic) bond motifs is 1. The van der Waals surface area contributed by atoms with Crippen LogP contribution in [0.5, 0.6) is 0 Å². The maximum absolute atomic E-state index is 14.6. The van der Waals surface area contributed by atoms with E-state index >= 15 is 0 Å². The van der Waals surface area contributed by atoms with Crippen LogP contribution in [-0.4, -0.2) is 79.8 Å². The lowest BCUT2D eigenvalue weighted by molar-refractivity contribution is -0.132. The molecule has 2 N–H and O–H groups in total. The number of ether oxygens (including phenoxy) is 2. The molecular formula is C36H49FN4O3. The van der Waals surface area contributed by atoms with Gasteiger partial charge in [-0.25, -0.2) is 9.37 Å².